The number of amides is 1. The average Bonchev–Trinajstić information content (AvgIpc) is 2.81. The van der Waals surface area contributed by atoms with E-state index in [9.17, 15) is 13.6 Å². The van der Waals surface area contributed by atoms with Gasteiger partial charge in [0.2, 0.25) is 11.8 Å². The van der Waals surface area contributed by atoms with Gasteiger partial charge >= 0.3 is 0 Å². The van der Waals surface area contributed by atoms with E-state index in [1.807, 2.05) is 4.68 Å². The molecule has 1 aromatic rings. The molecule has 0 bridgehead atoms. The Hall–Kier alpha value is -1.57. The highest BCUT2D eigenvalue weighted by Gasteiger charge is 2.49. The zero-order chi connectivity index (χ0) is 17.4. The molecule has 1 aromatic heterocycles. The summed E-state index contributed by atoms with van der Waals surface area (Å²) in [6.45, 7) is 4.69. The fraction of sp³-hybridized carbons (Fsp3) is 0.824. The smallest absolute Gasteiger partial charge is 0.249 e. The van der Waals surface area contributed by atoms with E-state index in [1.54, 1.807) is 4.90 Å². The first kappa shape index (κ1) is 16.9. The van der Waals surface area contributed by atoms with Crippen molar-refractivity contribution in [1.82, 2.24) is 24.8 Å². The number of carbonyl (C=O) groups is 1. The van der Waals surface area contributed by atoms with Crippen LogP contribution in [0.4, 0.5) is 8.78 Å². The summed E-state index contributed by atoms with van der Waals surface area (Å²) in [6, 6.07) is 0. The van der Waals surface area contributed by atoms with Crippen molar-refractivity contribution in [3.8, 4) is 0 Å². The number of alkyl halides is 2. The summed E-state index contributed by atoms with van der Waals surface area (Å²) in [5.74, 6) is -3.32. The Morgan fingerprint density at radius 3 is 2.56 bits per heavy atom. The fourth-order valence-corrected chi connectivity index (χ4v) is 4.13. The third-order valence-electron chi connectivity index (χ3n) is 5.63. The molecule has 2 aliphatic heterocycles. The van der Waals surface area contributed by atoms with Gasteiger partial charge in [-0.3, -0.25) is 9.69 Å². The number of halogens is 2. The molecule has 8 heteroatoms. The molecule has 6 nitrogen and oxygen atoms in total. The monoisotopic (exact) mass is 353 g/mol. The maximum absolute atomic E-state index is 13.1. The molecule has 1 aliphatic carbocycles. The lowest BCUT2D eigenvalue weighted by molar-refractivity contribution is -0.160. The van der Waals surface area contributed by atoms with E-state index < -0.39 is 11.8 Å². The summed E-state index contributed by atoms with van der Waals surface area (Å²) in [4.78, 5) is 16.7. The number of aryl methyl sites for hydroxylation is 1. The minimum atomic E-state index is -2.66. The van der Waals surface area contributed by atoms with Crippen LogP contribution in [0, 0.1) is 5.92 Å². The standard InChI is InChI=1S/C17H25F2N5O/c18-17(19)9-13(10-17)16(25)23-7-4-8-24-15(12-23)14(20-21-24)11-22-5-2-1-3-6-22/h13H,1-12H2. The number of aromatic nitrogens is 3. The third-order valence-corrected chi connectivity index (χ3v) is 5.63. The molecule has 1 saturated heterocycles. The molecule has 2 fully saturated rings. The van der Waals surface area contributed by atoms with Crippen LogP contribution in [-0.2, 0) is 24.4 Å². The predicted octanol–water partition coefficient (Wildman–Crippen LogP) is 2.04. The van der Waals surface area contributed by atoms with Crippen molar-refractivity contribution in [2.45, 2.75) is 64.1 Å². The number of hydrogen-bond acceptors (Lipinski definition) is 4. The lowest BCUT2D eigenvalue weighted by Crippen LogP contribution is -2.46. The molecule has 25 heavy (non-hydrogen) atoms. The highest BCUT2D eigenvalue weighted by Crippen LogP contribution is 2.43. The maximum atomic E-state index is 13.1. The Morgan fingerprint density at radius 1 is 1.08 bits per heavy atom. The lowest BCUT2D eigenvalue weighted by atomic mass is 9.80. The molecule has 1 saturated carbocycles. The van der Waals surface area contributed by atoms with Gasteiger partial charge in [0.1, 0.15) is 5.69 Å². The summed E-state index contributed by atoms with van der Waals surface area (Å²) in [5, 5.41) is 8.60. The third kappa shape index (κ3) is 3.54. The number of likely N-dealkylation sites (tertiary alicyclic amines) is 1. The normalized spacial score (nSPS) is 24.5. The molecule has 0 N–H and O–H groups in total. The van der Waals surface area contributed by atoms with E-state index in [2.05, 4.69) is 15.2 Å². The molecule has 3 aliphatic rings. The largest absolute Gasteiger partial charge is 0.336 e. The minimum absolute atomic E-state index is 0.135. The fourth-order valence-electron chi connectivity index (χ4n) is 4.13. The molecule has 0 spiro atoms. The molecule has 138 valence electrons. The van der Waals surface area contributed by atoms with E-state index >= 15 is 0 Å². The molecule has 0 unspecified atom stereocenters. The average molecular weight is 353 g/mol. The Kier molecular flexibility index (Phi) is 4.47. The zero-order valence-electron chi connectivity index (χ0n) is 14.5. The highest BCUT2D eigenvalue weighted by atomic mass is 19.3. The molecular formula is C17H25F2N5O. The van der Waals surface area contributed by atoms with Crippen LogP contribution in [0.25, 0.3) is 0 Å². The second-order valence-corrected chi connectivity index (χ2v) is 7.62. The summed E-state index contributed by atoms with van der Waals surface area (Å²) in [5.41, 5.74) is 1.91. The number of carbonyl (C=O) groups excluding carboxylic acids is 1. The SMILES string of the molecule is O=C(C1CC(F)(F)C1)N1CCCn2nnc(CN3CCCCC3)c2C1. The van der Waals surface area contributed by atoms with E-state index in [0.717, 1.165) is 44.0 Å². The quantitative estimate of drug-likeness (QED) is 0.835. The molecule has 0 atom stereocenters. The maximum Gasteiger partial charge on any atom is 0.249 e. The van der Waals surface area contributed by atoms with Gasteiger partial charge in [0.15, 0.2) is 0 Å². The van der Waals surface area contributed by atoms with Crippen LogP contribution >= 0.6 is 0 Å². The van der Waals surface area contributed by atoms with Gasteiger partial charge in [0, 0.05) is 38.4 Å². The van der Waals surface area contributed by atoms with Crippen LogP contribution in [0.3, 0.4) is 0 Å². The van der Waals surface area contributed by atoms with Gasteiger partial charge in [-0.15, -0.1) is 5.10 Å². The van der Waals surface area contributed by atoms with Gasteiger partial charge in [-0.25, -0.2) is 13.5 Å². The Bertz CT molecular complexity index is 633. The van der Waals surface area contributed by atoms with Crippen molar-refractivity contribution in [3.05, 3.63) is 11.4 Å². The second-order valence-electron chi connectivity index (χ2n) is 7.62. The van der Waals surface area contributed by atoms with Gasteiger partial charge in [-0.1, -0.05) is 11.6 Å². The van der Waals surface area contributed by atoms with Crippen molar-refractivity contribution in [2.24, 2.45) is 5.92 Å². The molecule has 3 heterocycles. The number of rotatable bonds is 3. The summed E-state index contributed by atoms with van der Waals surface area (Å²) < 4.78 is 28.1. The van der Waals surface area contributed by atoms with Gasteiger partial charge in [-0.05, 0) is 32.4 Å². The van der Waals surface area contributed by atoms with Crippen molar-refractivity contribution in [3.63, 3.8) is 0 Å². The number of fused-ring (bicyclic) bond motifs is 1. The molecule has 0 aromatic carbocycles. The van der Waals surface area contributed by atoms with Gasteiger partial charge in [0.05, 0.1) is 12.2 Å². The number of hydrogen-bond donors (Lipinski definition) is 0. The van der Waals surface area contributed by atoms with Crippen LogP contribution in [0.1, 0.15) is 49.9 Å². The molecule has 1 amide bonds. The van der Waals surface area contributed by atoms with Crippen LogP contribution < -0.4 is 0 Å². The predicted molar refractivity (Wildman–Crippen MR) is 86.9 cm³/mol. The first-order valence-corrected chi connectivity index (χ1v) is 9.32. The number of nitrogens with zero attached hydrogens (tertiary/aromatic N) is 5. The Balaban J connectivity index is 1.45. The highest BCUT2D eigenvalue weighted by molar-refractivity contribution is 5.80. The van der Waals surface area contributed by atoms with Crippen LogP contribution in [0.15, 0.2) is 0 Å². The van der Waals surface area contributed by atoms with Crippen molar-refractivity contribution < 1.29 is 13.6 Å². The van der Waals surface area contributed by atoms with E-state index in [1.165, 1.54) is 19.3 Å². The van der Waals surface area contributed by atoms with Crippen LogP contribution in [0.2, 0.25) is 0 Å². The summed E-state index contributed by atoms with van der Waals surface area (Å²) in [6.07, 6.45) is 3.88. The van der Waals surface area contributed by atoms with Gasteiger partial charge in [0.25, 0.3) is 0 Å². The zero-order valence-corrected chi connectivity index (χ0v) is 14.5. The van der Waals surface area contributed by atoms with Crippen LogP contribution in [-0.4, -0.2) is 56.3 Å². The van der Waals surface area contributed by atoms with E-state index in [0.29, 0.717) is 13.1 Å². The second kappa shape index (κ2) is 6.63. The summed E-state index contributed by atoms with van der Waals surface area (Å²) in [7, 11) is 0. The number of piperidine rings is 1. The van der Waals surface area contributed by atoms with Gasteiger partial charge < -0.3 is 4.90 Å². The molecule has 0 radical (unpaired) electrons. The Labute approximate surface area is 146 Å². The first-order valence-electron chi connectivity index (χ1n) is 9.32. The first-order chi connectivity index (χ1) is 12.0. The Morgan fingerprint density at radius 2 is 1.84 bits per heavy atom. The molecule has 4 rings (SSSR count). The van der Waals surface area contributed by atoms with E-state index in [-0.39, 0.29) is 18.7 Å². The van der Waals surface area contributed by atoms with Crippen molar-refractivity contribution in [2.75, 3.05) is 19.6 Å². The topological polar surface area (TPSA) is 54.3 Å². The summed E-state index contributed by atoms with van der Waals surface area (Å²) >= 11 is 0. The van der Waals surface area contributed by atoms with Crippen molar-refractivity contribution in [1.29, 1.82) is 0 Å². The van der Waals surface area contributed by atoms with Crippen LogP contribution in [0.5, 0.6) is 0 Å². The van der Waals surface area contributed by atoms with Gasteiger partial charge in [-0.2, -0.15) is 0 Å². The minimum Gasteiger partial charge on any atom is -0.336 e. The van der Waals surface area contributed by atoms with E-state index in [4.69, 9.17) is 0 Å². The van der Waals surface area contributed by atoms with Crippen molar-refractivity contribution >= 4 is 5.91 Å². The lowest BCUT2D eigenvalue weighted by Gasteiger charge is -2.37. The molecular weight excluding hydrogens is 328 g/mol.